The van der Waals surface area contributed by atoms with Crippen molar-refractivity contribution in [2.24, 2.45) is 0 Å². The summed E-state index contributed by atoms with van der Waals surface area (Å²) >= 11 is 0. The third-order valence-corrected chi connectivity index (χ3v) is 5.94. The number of nitrogens with zero attached hydrogens (tertiary/aromatic N) is 2. The molecule has 0 saturated carbocycles. The number of pyridine rings is 2. The molecule has 0 aliphatic rings. The van der Waals surface area contributed by atoms with Crippen LogP contribution in [0.5, 0.6) is 0 Å². The normalized spacial score (nSPS) is 11.5. The fourth-order valence-corrected chi connectivity index (χ4v) is 3.91. The zero-order valence-corrected chi connectivity index (χ0v) is 17.1. The topological polar surface area (TPSA) is 42.9 Å². The first kappa shape index (κ1) is 19.7. The Labute approximate surface area is 178 Å². The van der Waals surface area contributed by atoms with E-state index in [2.05, 4.69) is 9.97 Å². The fraction of sp³-hybridized carbons (Fsp3) is 0. The Hall–Kier alpha value is -3.63. The number of benzene rings is 2. The van der Waals surface area contributed by atoms with Crippen molar-refractivity contribution in [1.29, 1.82) is 0 Å². The average Bonchev–Trinajstić information content (AvgIpc) is 2.83. The molecule has 0 atom stereocenters. The Bertz CT molecular complexity index is 1070. The lowest BCUT2D eigenvalue weighted by Crippen LogP contribution is -1.92. The molecule has 0 unspecified atom stereocenters. The summed E-state index contributed by atoms with van der Waals surface area (Å²) in [5.74, 6) is 0. The van der Waals surface area contributed by atoms with Crippen LogP contribution in [-0.2, 0) is 10.8 Å². The molecule has 0 aliphatic carbocycles. The molecule has 0 bridgehead atoms. The van der Waals surface area contributed by atoms with Gasteiger partial charge in [0.15, 0.2) is 0 Å². The molecule has 0 N–H and O–H groups in total. The monoisotopic (exact) mass is 408 g/mol. The minimum Gasteiger partial charge on any atom is -0.265 e. The van der Waals surface area contributed by atoms with E-state index in [1.165, 1.54) is 0 Å². The van der Waals surface area contributed by atoms with Crippen LogP contribution in [0.15, 0.2) is 107 Å². The van der Waals surface area contributed by atoms with Crippen molar-refractivity contribution in [3.8, 4) is 0 Å². The van der Waals surface area contributed by atoms with E-state index in [9.17, 15) is 4.21 Å². The van der Waals surface area contributed by atoms with Crippen molar-refractivity contribution in [3.63, 3.8) is 0 Å². The standard InChI is InChI=1S/C26H20N2OS/c29-30(25-9-5-21(6-10-25)1-3-23-13-17-27-18-14-23)26-11-7-22(8-12-26)2-4-24-15-19-28-20-16-24/h1-20H/b3-1-,4-2-. The fourth-order valence-electron chi connectivity index (χ4n) is 2.88. The highest BCUT2D eigenvalue weighted by atomic mass is 32.2. The molecule has 4 aromatic rings. The van der Waals surface area contributed by atoms with E-state index in [0.717, 1.165) is 32.0 Å². The van der Waals surface area contributed by atoms with E-state index in [4.69, 9.17) is 0 Å². The molecule has 146 valence electrons. The Balaban J connectivity index is 1.42. The molecule has 4 heteroatoms. The van der Waals surface area contributed by atoms with Gasteiger partial charge < -0.3 is 0 Å². The maximum atomic E-state index is 12.9. The van der Waals surface area contributed by atoms with Crippen LogP contribution in [0.2, 0.25) is 0 Å². The van der Waals surface area contributed by atoms with Gasteiger partial charge in [0.05, 0.1) is 10.8 Å². The van der Waals surface area contributed by atoms with Gasteiger partial charge in [-0.3, -0.25) is 9.97 Å². The molecule has 2 heterocycles. The van der Waals surface area contributed by atoms with Crippen LogP contribution in [0.4, 0.5) is 0 Å². The molecule has 0 aliphatic heterocycles. The number of hydrogen-bond acceptors (Lipinski definition) is 3. The molecule has 0 spiro atoms. The Kier molecular flexibility index (Phi) is 6.38. The van der Waals surface area contributed by atoms with Gasteiger partial charge in [-0.25, -0.2) is 4.21 Å². The molecule has 30 heavy (non-hydrogen) atoms. The van der Waals surface area contributed by atoms with Gasteiger partial charge in [-0.2, -0.15) is 0 Å². The second-order valence-corrected chi connectivity index (χ2v) is 8.11. The van der Waals surface area contributed by atoms with Gasteiger partial charge in [-0.15, -0.1) is 0 Å². The van der Waals surface area contributed by atoms with Crippen LogP contribution >= 0.6 is 0 Å². The Morgan fingerprint density at radius 2 is 0.767 bits per heavy atom. The minimum absolute atomic E-state index is 0.788. The summed E-state index contributed by atoms with van der Waals surface area (Å²) in [6, 6.07) is 23.4. The lowest BCUT2D eigenvalue weighted by molar-refractivity contribution is 0.683. The first-order valence-electron chi connectivity index (χ1n) is 9.56. The van der Waals surface area contributed by atoms with Crippen molar-refractivity contribution in [1.82, 2.24) is 9.97 Å². The molecule has 0 radical (unpaired) electrons. The Morgan fingerprint density at radius 3 is 1.10 bits per heavy atom. The van der Waals surface area contributed by atoms with E-state index in [0.29, 0.717) is 0 Å². The third kappa shape index (κ3) is 5.25. The molecule has 0 fully saturated rings. The highest BCUT2D eigenvalue weighted by Gasteiger charge is 2.06. The molecule has 3 nitrogen and oxygen atoms in total. The van der Waals surface area contributed by atoms with Crippen LogP contribution in [-0.4, -0.2) is 14.2 Å². The average molecular weight is 409 g/mol. The molecule has 2 aromatic heterocycles. The largest absolute Gasteiger partial charge is 0.265 e. The summed E-state index contributed by atoms with van der Waals surface area (Å²) in [4.78, 5) is 9.61. The second kappa shape index (κ2) is 9.72. The summed E-state index contributed by atoms with van der Waals surface area (Å²) in [5, 5.41) is 0. The smallest absolute Gasteiger partial charge is 0.0849 e. The van der Waals surface area contributed by atoms with E-state index in [-0.39, 0.29) is 0 Å². The molecule has 2 aromatic carbocycles. The third-order valence-electron chi connectivity index (χ3n) is 4.54. The summed E-state index contributed by atoms with van der Waals surface area (Å²) in [6.45, 7) is 0. The quantitative estimate of drug-likeness (QED) is 0.394. The van der Waals surface area contributed by atoms with E-state index in [1.54, 1.807) is 24.8 Å². The van der Waals surface area contributed by atoms with Gasteiger partial charge in [0.25, 0.3) is 0 Å². The van der Waals surface area contributed by atoms with Crippen molar-refractivity contribution in [2.45, 2.75) is 9.79 Å². The molecule has 0 saturated heterocycles. The van der Waals surface area contributed by atoms with Crippen LogP contribution < -0.4 is 0 Å². The zero-order valence-electron chi connectivity index (χ0n) is 16.3. The Morgan fingerprint density at radius 1 is 0.467 bits per heavy atom. The second-order valence-electron chi connectivity index (χ2n) is 6.63. The summed E-state index contributed by atoms with van der Waals surface area (Å²) < 4.78 is 12.9. The van der Waals surface area contributed by atoms with E-state index < -0.39 is 10.8 Å². The maximum absolute atomic E-state index is 12.9. The predicted octanol–water partition coefficient (Wildman–Crippen LogP) is 5.98. The van der Waals surface area contributed by atoms with Crippen molar-refractivity contribution in [3.05, 3.63) is 120 Å². The zero-order chi connectivity index (χ0) is 20.6. The highest BCUT2D eigenvalue weighted by Crippen LogP contribution is 2.19. The minimum atomic E-state index is -1.21. The van der Waals surface area contributed by atoms with Crippen molar-refractivity contribution < 1.29 is 4.21 Å². The lowest BCUT2D eigenvalue weighted by atomic mass is 10.1. The molecular formula is C26H20N2OS. The van der Waals surface area contributed by atoms with Gasteiger partial charge in [0, 0.05) is 34.6 Å². The van der Waals surface area contributed by atoms with Crippen LogP contribution in [0.25, 0.3) is 24.3 Å². The SMILES string of the molecule is O=S(c1ccc(/C=C\c2ccncc2)cc1)c1ccc(/C=C\c2ccncc2)cc1. The van der Waals surface area contributed by atoms with Crippen LogP contribution in [0, 0.1) is 0 Å². The van der Waals surface area contributed by atoms with Gasteiger partial charge in [0.1, 0.15) is 0 Å². The summed E-state index contributed by atoms with van der Waals surface area (Å²) in [6.07, 6.45) is 15.2. The highest BCUT2D eigenvalue weighted by molar-refractivity contribution is 7.85. The molecule has 4 rings (SSSR count). The number of aromatic nitrogens is 2. The number of hydrogen-bond donors (Lipinski definition) is 0. The first-order valence-corrected chi connectivity index (χ1v) is 10.7. The number of rotatable bonds is 6. The van der Waals surface area contributed by atoms with Gasteiger partial charge in [0.2, 0.25) is 0 Å². The molecular weight excluding hydrogens is 388 g/mol. The van der Waals surface area contributed by atoms with Crippen molar-refractivity contribution >= 4 is 35.1 Å². The van der Waals surface area contributed by atoms with Gasteiger partial charge in [-0.05, 0) is 70.8 Å². The summed E-state index contributed by atoms with van der Waals surface area (Å²) in [5.41, 5.74) is 4.31. The van der Waals surface area contributed by atoms with E-state index >= 15 is 0 Å². The lowest BCUT2D eigenvalue weighted by Gasteiger charge is -2.04. The molecule has 0 amide bonds. The van der Waals surface area contributed by atoms with Gasteiger partial charge >= 0.3 is 0 Å². The van der Waals surface area contributed by atoms with Gasteiger partial charge in [-0.1, -0.05) is 48.6 Å². The maximum Gasteiger partial charge on any atom is 0.0849 e. The van der Waals surface area contributed by atoms with E-state index in [1.807, 2.05) is 97.1 Å². The van der Waals surface area contributed by atoms with Crippen molar-refractivity contribution in [2.75, 3.05) is 0 Å². The summed E-state index contributed by atoms with van der Waals surface area (Å²) in [7, 11) is -1.21. The van der Waals surface area contributed by atoms with Crippen LogP contribution in [0.1, 0.15) is 22.3 Å². The first-order chi connectivity index (χ1) is 14.8. The predicted molar refractivity (Wildman–Crippen MR) is 124 cm³/mol. The van der Waals surface area contributed by atoms with Crippen LogP contribution in [0.3, 0.4) is 0 Å².